The van der Waals surface area contributed by atoms with Crippen molar-refractivity contribution < 1.29 is 42.9 Å². The Morgan fingerprint density at radius 3 is 1.49 bits per heavy atom. The van der Waals surface area contributed by atoms with Gasteiger partial charge in [0.05, 0.1) is 66.0 Å². The summed E-state index contributed by atoms with van der Waals surface area (Å²) in [6, 6.07) is 9.83. The van der Waals surface area contributed by atoms with Crippen LogP contribution < -0.4 is 20.1 Å². The minimum Gasteiger partial charge on any atom is -0.490 e. The maximum atomic E-state index is 14.0. The number of fused-ring (bicyclic) bond motifs is 2. The lowest BCUT2D eigenvalue weighted by Crippen LogP contribution is -2.55. The van der Waals surface area contributed by atoms with Gasteiger partial charge in [-0.15, -0.1) is 0 Å². The first-order chi connectivity index (χ1) is 32.5. The third-order valence-corrected chi connectivity index (χ3v) is 12.3. The van der Waals surface area contributed by atoms with E-state index in [2.05, 4.69) is 25.7 Å². The van der Waals surface area contributed by atoms with Crippen LogP contribution in [-0.4, -0.2) is 125 Å². The zero-order valence-corrected chi connectivity index (χ0v) is 38.5. The van der Waals surface area contributed by atoms with Crippen LogP contribution in [-0.2, 0) is 40.4 Å². The Bertz CT molecular complexity index is 2710. The van der Waals surface area contributed by atoms with Gasteiger partial charge in [0.1, 0.15) is 47.1 Å². The van der Waals surface area contributed by atoms with Crippen molar-refractivity contribution in [1.82, 2.24) is 43.6 Å². The molecular formula is C47H55N11O9. The predicted octanol–water partition coefficient (Wildman–Crippen LogP) is 5.55. The van der Waals surface area contributed by atoms with Crippen LogP contribution in [0.15, 0.2) is 48.6 Å². The Morgan fingerprint density at radius 1 is 0.627 bits per heavy atom. The van der Waals surface area contributed by atoms with Gasteiger partial charge in [-0.2, -0.15) is 10.2 Å². The molecule has 9 rings (SSSR count). The number of aromatic nitrogens is 8. The lowest BCUT2D eigenvalue weighted by molar-refractivity contribution is -0.0534. The smallest absolute Gasteiger partial charge is 0.338 e. The highest BCUT2D eigenvalue weighted by atomic mass is 16.5. The van der Waals surface area contributed by atoms with Gasteiger partial charge in [-0.05, 0) is 90.8 Å². The Labute approximate surface area is 386 Å². The molecule has 4 aromatic heterocycles. The SMILES string of the molecule is CCOC(=O)c1cc2c3c(c1)nc(NC(=O)c1cc(C)nn1CC)n3C/C=C/Cn1c(NC(=O)c3cc(C)nn3CC)nc3cc(C(=O)OCC)cc(c31)OCC(N1C3CCC1COC3)CO2. The number of allylic oxidation sites excluding steroid dienone is 2. The van der Waals surface area contributed by atoms with E-state index in [1.165, 1.54) is 0 Å². The second-order valence-electron chi connectivity index (χ2n) is 16.7. The number of amides is 2. The molecule has 0 spiro atoms. The Hall–Kier alpha value is -7.06. The number of aryl methyl sites for hydroxylation is 4. The molecule has 20 nitrogen and oxygen atoms in total. The van der Waals surface area contributed by atoms with E-state index >= 15 is 0 Å². The molecule has 0 aliphatic carbocycles. The average molecular weight is 918 g/mol. The third-order valence-electron chi connectivity index (χ3n) is 12.3. The zero-order valence-electron chi connectivity index (χ0n) is 38.5. The summed E-state index contributed by atoms with van der Waals surface area (Å²) in [4.78, 5) is 67.0. The molecule has 2 atom stereocenters. The molecule has 0 radical (unpaired) electrons. The molecule has 2 fully saturated rings. The van der Waals surface area contributed by atoms with Crippen LogP contribution in [0.3, 0.4) is 0 Å². The summed E-state index contributed by atoms with van der Waals surface area (Å²) in [6.07, 6.45) is 5.65. The van der Waals surface area contributed by atoms with Crippen LogP contribution in [0.4, 0.5) is 11.9 Å². The van der Waals surface area contributed by atoms with Gasteiger partial charge < -0.3 is 32.8 Å². The molecule has 2 N–H and O–H groups in total. The van der Waals surface area contributed by atoms with Crippen LogP contribution in [0.5, 0.6) is 11.5 Å². The molecule has 2 unspecified atom stereocenters. The van der Waals surface area contributed by atoms with E-state index in [0.717, 1.165) is 12.8 Å². The first-order valence-corrected chi connectivity index (χ1v) is 22.9. The van der Waals surface area contributed by atoms with Crippen molar-refractivity contribution in [3.05, 3.63) is 82.5 Å². The number of rotatable bonds is 11. The van der Waals surface area contributed by atoms with Gasteiger partial charge in [0.25, 0.3) is 11.8 Å². The van der Waals surface area contributed by atoms with Crippen molar-refractivity contribution in [3.8, 4) is 11.5 Å². The van der Waals surface area contributed by atoms with Crippen molar-refractivity contribution >= 4 is 57.7 Å². The summed E-state index contributed by atoms with van der Waals surface area (Å²) >= 11 is 0. The average Bonchev–Trinajstić information content (AvgIpc) is 4.12. The van der Waals surface area contributed by atoms with Crippen LogP contribution >= 0.6 is 0 Å². The van der Waals surface area contributed by atoms with Gasteiger partial charge in [-0.25, -0.2) is 19.6 Å². The summed E-state index contributed by atoms with van der Waals surface area (Å²) < 4.78 is 37.5. The number of esters is 2. The maximum Gasteiger partial charge on any atom is 0.338 e. The molecule has 2 bridgehead atoms. The summed E-state index contributed by atoms with van der Waals surface area (Å²) in [5, 5.41) is 15.0. The quantitative estimate of drug-likeness (QED) is 0.121. The molecule has 67 heavy (non-hydrogen) atoms. The minimum atomic E-state index is -0.549. The topological polar surface area (TPSA) is 213 Å². The number of hydrogen-bond acceptors (Lipinski definition) is 14. The van der Waals surface area contributed by atoms with Crippen molar-refractivity contribution in [2.24, 2.45) is 0 Å². The highest BCUT2D eigenvalue weighted by Crippen LogP contribution is 2.37. The molecule has 0 saturated carbocycles. The fourth-order valence-electron chi connectivity index (χ4n) is 9.37. The van der Waals surface area contributed by atoms with Crippen molar-refractivity contribution in [2.45, 2.75) is 98.7 Å². The van der Waals surface area contributed by atoms with Gasteiger partial charge in [-0.3, -0.25) is 34.5 Å². The summed E-state index contributed by atoms with van der Waals surface area (Å²) in [5.74, 6) is -0.798. The number of carbonyl (C=O) groups is 4. The summed E-state index contributed by atoms with van der Waals surface area (Å²) in [6.45, 7) is 13.9. The Morgan fingerprint density at radius 2 is 1.07 bits per heavy atom. The standard InChI is InChI=1S/C47H55N11O9/c1-7-56-36(17-27(5)52-56)42(59)50-46-48-34-19-29(44(61)64-9-3)21-38-40(34)54(46)15-11-12-16-55-41-35(49-47(55)51-43(60)37-18-28(6)53-57(37)8-2)20-30(45(62)65-10-4)22-39(41)67-26-33(25-66-38)58-31-13-14-32(58)24-63-23-31/h11-12,17-22,31-33H,7-10,13-16,23-26H2,1-6H3,(H,48,50,59)(H,49,51,60)/b12-11+. The van der Waals surface area contributed by atoms with Gasteiger partial charge in [0.2, 0.25) is 11.9 Å². The summed E-state index contributed by atoms with van der Waals surface area (Å²) in [7, 11) is 0. The van der Waals surface area contributed by atoms with E-state index < -0.39 is 23.8 Å². The van der Waals surface area contributed by atoms with Gasteiger partial charge in [-0.1, -0.05) is 12.2 Å². The second kappa shape index (κ2) is 19.0. The number of imidazole rings is 2. The normalized spacial score (nSPS) is 18.2. The zero-order chi connectivity index (χ0) is 46.9. The predicted molar refractivity (Wildman–Crippen MR) is 246 cm³/mol. The van der Waals surface area contributed by atoms with Gasteiger partial charge >= 0.3 is 11.9 Å². The lowest BCUT2D eigenvalue weighted by atomic mass is 10.1. The molecule has 7 heterocycles. The van der Waals surface area contributed by atoms with E-state index in [9.17, 15) is 19.2 Å². The lowest BCUT2D eigenvalue weighted by Gasteiger charge is -2.40. The first-order valence-electron chi connectivity index (χ1n) is 22.9. The van der Waals surface area contributed by atoms with E-state index in [1.807, 2.05) is 49.0 Å². The van der Waals surface area contributed by atoms with Crippen LogP contribution in [0.2, 0.25) is 0 Å². The number of morpholine rings is 1. The second-order valence-corrected chi connectivity index (χ2v) is 16.7. The molecule has 352 valence electrons. The molecule has 2 saturated heterocycles. The number of benzene rings is 2. The Balaban J connectivity index is 1.20. The van der Waals surface area contributed by atoms with Crippen molar-refractivity contribution in [1.29, 1.82) is 0 Å². The highest BCUT2D eigenvalue weighted by Gasteiger charge is 2.42. The molecule has 2 amide bonds. The fourth-order valence-corrected chi connectivity index (χ4v) is 9.37. The Kier molecular flexibility index (Phi) is 12.8. The van der Waals surface area contributed by atoms with Gasteiger partial charge in [0.15, 0.2) is 0 Å². The molecule has 3 aliphatic rings. The third kappa shape index (κ3) is 8.85. The number of nitrogens with one attached hydrogen (secondary N) is 2. The molecule has 20 heteroatoms. The van der Waals surface area contributed by atoms with E-state index in [-0.39, 0.29) is 80.7 Å². The molecule has 2 aromatic carbocycles. The van der Waals surface area contributed by atoms with E-state index in [0.29, 0.717) is 82.6 Å². The van der Waals surface area contributed by atoms with Crippen LogP contribution in [0, 0.1) is 13.8 Å². The minimum absolute atomic E-state index is 0.0964. The monoisotopic (exact) mass is 917 g/mol. The van der Waals surface area contributed by atoms with E-state index in [1.54, 1.807) is 59.6 Å². The van der Waals surface area contributed by atoms with Crippen molar-refractivity contribution in [2.75, 3.05) is 50.3 Å². The first kappa shape index (κ1) is 45.1. The van der Waals surface area contributed by atoms with Crippen molar-refractivity contribution in [3.63, 3.8) is 0 Å². The number of hydrogen-bond donors (Lipinski definition) is 2. The largest absolute Gasteiger partial charge is 0.490 e. The number of carbonyl (C=O) groups excluding carboxylic acids is 4. The number of anilines is 2. The highest BCUT2D eigenvalue weighted by molar-refractivity contribution is 6.05. The maximum absolute atomic E-state index is 14.0. The van der Waals surface area contributed by atoms with E-state index in [4.69, 9.17) is 33.7 Å². The fraction of sp³-hybridized carbons (Fsp3) is 0.447. The molecule has 6 aromatic rings. The number of ether oxygens (including phenoxy) is 5. The van der Waals surface area contributed by atoms with Gasteiger partial charge in [0, 0.05) is 38.3 Å². The molecular weight excluding hydrogens is 863 g/mol. The van der Waals surface area contributed by atoms with Crippen LogP contribution in [0.1, 0.15) is 93.6 Å². The summed E-state index contributed by atoms with van der Waals surface area (Å²) in [5.41, 5.74) is 4.44. The number of nitrogens with zero attached hydrogens (tertiary/aromatic N) is 9. The van der Waals surface area contributed by atoms with Crippen LogP contribution in [0.25, 0.3) is 22.1 Å². The molecule has 3 aliphatic heterocycles.